The van der Waals surface area contributed by atoms with Crippen LogP contribution in [0.4, 0.5) is 39.5 Å². The van der Waals surface area contributed by atoms with Gasteiger partial charge in [-0.25, -0.2) is 13.2 Å². The third kappa shape index (κ3) is 11.4. The van der Waals surface area contributed by atoms with Gasteiger partial charge in [-0.05, 0) is 108 Å². The maximum absolute atomic E-state index is 14.5. The number of benzene rings is 4. The minimum Gasteiger partial charge on any atom is -0.206 e. The molecule has 0 unspecified atom stereocenters. The van der Waals surface area contributed by atoms with Crippen LogP contribution in [0.1, 0.15) is 100 Å². The molecular formula is C44H47F9. The Kier molecular flexibility index (Phi) is 13.4. The maximum atomic E-state index is 14.5. The highest BCUT2D eigenvalue weighted by Gasteiger charge is 2.38. The van der Waals surface area contributed by atoms with Crippen LogP contribution >= 0.6 is 0 Å². The number of rotatable bonds is 8. The van der Waals surface area contributed by atoms with Crippen molar-refractivity contribution in [3.63, 3.8) is 0 Å². The molecule has 0 amide bonds. The van der Waals surface area contributed by atoms with E-state index in [1.165, 1.54) is 69.6 Å². The van der Waals surface area contributed by atoms with Crippen molar-refractivity contribution >= 4 is 0 Å². The summed E-state index contributed by atoms with van der Waals surface area (Å²) in [5.41, 5.74) is 0.923. The molecule has 4 aromatic carbocycles. The molecule has 0 aliphatic heterocycles. The molecular weight excluding hydrogens is 699 g/mol. The molecule has 4 aromatic rings. The number of aryl methyl sites for hydroxylation is 2. The van der Waals surface area contributed by atoms with Gasteiger partial charge in [0.15, 0.2) is 0 Å². The van der Waals surface area contributed by atoms with Gasteiger partial charge >= 0.3 is 12.4 Å². The van der Waals surface area contributed by atoms with Crippen LogP contribution in [-0.4, -0.2) is 0 Å². The van der Waals surface area contributed by atoms with Crippen molar-refractivity contribution in [3.05, 3.63) is 119 Å². The Labute approximate surface area is 306 Å². The van der Waals surface area contributed by atoms with E-state index in [1.807, 2.05) is 18.2 Å². The van der Waals surface area contributed by atoms with E-state index in [0.29, 0.717) is 16.7 Å². The zero-order valence-electron chi connectivity index (χ0n) is 30.2. The van der Waals surface area contributed by atoms with Gasteiger partial charge < -0.3 is 0 Å². The van der Waals surface area contributed by atoms with Crippen LogP contribution in [0, 0.1) is 41.1 Å². The second kappa shape index (κ2) is 17.6. The molecule has 2 fully saturated rings. The fraction of sp³-hybridized carbons (Fsp3) is 0.455. The summed E-state index contributed by atoms with van der Waals surface area (Å²) in [4.78, 5) is 0. The van der Waals surface area contributed by atoms with Crippen LogP contribution in [0.15, 0.2) is 78.9 Å². The summed E-state index contributed by atoms with van der Waals surface area (Å²) >= 11 is 0. The lowest BCUT2D eigenvalue weighted by molar-refractivity contribution is -0.142. The van der Waals surface area contributed by atoms with E-state index in [2.05, 4.69) is 13.8 Å². The number of hydrogen-bond donors (Lipinski definition) is 0. The van der Waals surface area contributed by atoms with Crippen molar-refractivity contribution in [2.75, 3.05) is 0 Å². The molecule has 0 bridgehead atoms. The number of halogens is 9. The molecule has 2 aliphatic rings. The molecule has 2 aliphatic carbocycles. The third-order valence-electron chi connectivity index (χ3n) is 11.1. The zero-order valence-corrected chi connectivity index (χ0v) is 30.2. The van der Waals surface area contributed by atoms with E-state index in [4.69, 9.17) is 0 Å². The first-order chi connectivity index (χ1) is 25.1. The Hall–Kier alpha value is -3.75. The van der Waals surface area contributed by atoms with Gasteiger partial charge in [0, 0.05) is 5.56 Å². The molecule has 0 saturated heterocycles. The van der Waals surface area contributed by atoms with Gasteiger partial charge in [-0.15, -0.1) is 0 Å². The third-order valence-corrected chi connectivity index (χ3v) is 11.1. The summed E-state index contributed by atoms with van der Waals surface area (Å²) in [5.74, 6) is -0.430. The predicted molar refractivity (Wildman–Crippen MR) is 193 cm³/mol. The van der Waals surface area contributed by atoms with Gasteiger partial charge in [0.2, 0.25) is 0 Å². The molecule has 9 heteroatoms. The first-order valence-corrected chi connectivity index (χ1v) is 18.7. The lowest BCUT2D eigenvalue weighted by atomic mass is 9.80. The first-order valence-electron chi connectivity index (χ1n) is 18.7. The van der Waals surface area contributed by atoms with E-state index in [-0.39, 0.29) is 11.4 Å². The second-order valence-electron chi connectivity index (χ2n) is 15.2. The summed E-state index contributed by atoms with van der Waals surface area (Å²) in [6.45, 7) is 4.59. The Balaban J connectivity index is 0.000000204. The van der Waals surface area contributed by atoms with Crippen molar-refractivity contribution < 1.29 is 39.5 Å². The van der Waals surface area contributed by atoms with Crippen LogP contribution in [-0.2, 0) is 25.2 Å². The van der Waals surface area contributed by atoms with Gasteiger partial charge in [0.1, 0.15) is 23.0 Å². The van der Waals surface area contributed by atoms with E-state index in [1.54, 1.807) is 18.2 Å². The summed E-state index contributed by atoms with van der Waals surface area (Å²) in [5, 5.41) is 0. The van der Waals surface area contributed by atoms with Gasteiger partial charge in [0.05, 0.1) is 5.56 Å². The standard InChI is InChI=1S/C22H23F5.C22H24F4/c1-14-2-4-15(5-3-14)6-7-16-8-10-17(11-9-16)18-12-19(23)21(20(24)13-18)22(25,26)27;1-15-2-4-16(5-3-15)6-7-17-8-13-20(21(23)14-17)18-9-11-19(12-10-18)22(24,25)26/h8-15H,2-7H2,1H3;8-16H,2-7H2,1H3. The molecule has 0 spiro atoms. The number of alkyl halides is 6. The highest BCUT2D eigenvalue weighted by atomic mass is 19.4. The van der Waals surface area contributed by atoms with Crippen molar-refractivity contribution in [1.82, 2.24) is 0 Å². The average Bonchev–Trinajstić information content (AvgIpc) is 3.10. The molecule has 53 heavy (non-hydrogen) atoms. The van der Waals surface area contributed by atoms with E-state index >= 15 is 0 Å². The monoisotopic (exact) mass is 746 g/mol. The molecule has 2 saturated carbocycles. The highest BCUT2D eigenvalue weighted by molar-refractivity contribution is 5.65. The quantitative estimate of drug-likeness (QED) is 0.158. The Bertz CT molecular complexity index is 1730. The van der Waals surface area contributed by atoms with Gasteiger partial charge in [-0.2, -0.15) is 26.3 Å². The molecule has 0 N–H and O–H groups in total. The smallest absolute Gasteiger partial charge is 0.206 e. The van der Waals surface area contributed by atoms with Crippen LogP contribution in [0.5, 0.6) is 0 Å². The van der Waals surface area contributed by atoms with Crippen LogP contribution in [0.2, 0.25) is 0 Å². The van der Waals surface area contributed by atoms with E-state index in [0.717, 1.165) is 84.7 Å². The topological polar surface area (TPSA) is 0 Å². The lowest BCUT2D eigenvalue weighted by Crippen LogP contribution is -2.12. The second-order valence-corrected chi connectivity index (χ2v) is 15.2. The van der Waals surface area contributed by atoms with Crippen LogP contribution in [0.3, 0.4) is 0 Å². The maximum Gasteiger partial charge on any atom is 0.422 e. The summed E-state index contributed by atoms with van der Waals surface area (Å²) in [6.07, 6.45) is 4.75. The minimum atomic E-state index is -5.05. The molecule has 0 heterocycles. The van der Waals surface area contributed by atoms with Crippen molar-refractivity contribution in [2.24, 2.45) is 23.7 Å². The molecule has 0 atom stereocenters. The zero-order chi connectivity index (χ0) is 38.3. The Morgan fingerprint density at radius 1 is 0.472 bits per heavy atom. The van der Waals surface area contributed by atoms with E-state index < -0.39 is 35.1 Å². The SMILES string of the molecule is CC1CCC(CCc2ccc(-c3cc(F)c(C(F)(F)F)c(F)c3)cc2)CC1.CC1CCC(CCc2ccc(-c3ccc(C(F)(F)F)cc3)c(F)c2)CC1. The molecule has 0 radical (unpaired) electrons. The average molecular weight is 747 g/mol. The highest BCUT2D eigenvalue weighted by Crippen LogP contribution is 2.37. The van der Waals surface area contributed by atoms with Gasteiger partial charge in [0.25, 0.3) is 0 Å². The van der Waals surface area contributed by atoms with Crippen molar-refractivity contribution in [1.29, 1.82) is 0 Å². The number of hydrogen-bond acceptors (Lipinski definition) is 0. The summed E-state index contributed by atoms with van der Waals surface area (Å²) < 4.78 is 118. The van der Waals surface area contributed by atoms with Gasteiger partial charge in [-0.1, -0.05) is 114 Å². The Morgan fingerprint density at radius 2 is 0.925 bits per heavy atom. The summed E-state index contributed by atoms with van der Waals surface area (Å²) in [6, 6.07) is 18.4. The van der Waals surface area contributed by atoms with Crippen molar-refractivity contribution in [2.45, 2.75) is 103 Å². The first kappa shape index (κ1) is 40.4. The van der Waals surface area contributed by atoms with E-state index in [9.17, 15) is 39.5 Å². The summed E-state index contributed by atoms with van der Waals surface area (Å²) in [7, 11) is 0. The Morgan fingerprint density at radius 3 is 1.38 bits per heavy atom. The predicted octanol–water partition coefficient (Wildman–Crippen LogP) is 14.7. The fourth-order valence-corrected chi connectivity index (χ4v) is 7.64. The van der Waals surface area contributed by atoms with Gasteiger partial charge in [-0.3, -0.25) is 0 Å². The normalized spacial score (nSPS) is 20.8. The molecule has 286 valence electrons. The largest absolute Gasteiger partial charge is 0.422 e. The molecule has 0 aromatic heterocycles. The van der Waals surface area contributed by atoms with Crippen LogP contribution < -0.4 is 0 Å². The molecule has 0 nitrogen and oxygen atoms in total. The van der Waals surface area contributed by atoms with Crippen molar-refractivity contribution in [3.8, 4) is 22.3 Å². The van der Waals surface area contributed by atoms with Crippen LogP contribution in [0.25, 0.3) is 22.3 Å². The molecule has 6 rings (SSSR count). The lowest BCUT2D eigenvalue weighted by Gasteiger charge is -2.26. The minimum absolute atomic E-state index is 0.103. The fourth-order valence-electron chi connectivity index (χ4n) is 7.64.